The van der Waals surface area contributed by atoms with Gasteiger partial charge in [-0.3, -0.25) is 4.79 Å². The van der Waals surface area contributed by atoms with Crippen LogP contribution in [0.1, 0.15) is 17.0 Å². The Morgan fingerprint density at radius 2 is 1.77 bits per heavy atom. The lowest BCUT2D eigenvalue weighted by atomic mass is 9.97. The second-order valence-corrected chi connectivity index (χ2v) is 6.12. The summed E-state index contributed by atoms with van der Waals surface area (Å²) in [4.78, 5) is 15.6. The first-order chi connectivity index (χ1) is 10.7. The Balaban J connectivity index is 2.06. The van der Waals surface area contributed by atoms with Crippen molar-refractivity contribution < 1.29 is 4.79 Å². The van der Waals surface area contributed by atoms with Gasteiger partial charge in [-0.05, 0) is 29.5 Å². The number of benzene rings is 2. The quantitative estimate of drug-likeness (QED) is 0.833. The summed E-state index contributed by atoms with van der Waals surface area (Å²) >= 11 is 1.71. The first-order valence-electron chi connectivity index (χ1n) is 7.28. The first kappa shape index (κ1) is 16.6. The van der Waals surface area contributed by atoms with Crippen LogP contribution < -0.4 is 5.73 Å². The number of nitrogens with two attached hydrogens (primary N) is 1. The van der Waals surface area contributed by atoms with Crippen LogP contribution in [0.15, 0.2) is 59.5 Å². The van der Waals surface area contributed by atoms with Gasteiger partial charge >= 0.3 is 0 Å². The molecule has 116 valence electrons. The molecule has 0 saturated carbocycles. The van der Waals surface area contributed by atoms with E-state index in [2.05, 4.69) is 30.5 Å². The van der Waals surface area contributed by atoms with E-state index in [0.717, 1.165) is 11.1 Å². The summed E-state index contributed by atoms with van der Waals surface area (Å²) in [6.45, 7) is 0.912. The number of nitrogens with zero attached hydrogens (tertiary/aromatic N) is 1. The lowest BCUT2D eigenvalue weighted by Crippen LogP contribution is -2.34. The van der Waals surface area contributed by atoms with E-state index in [1.165, 1.54) is 4.90 Å². The summed E-state index contributed by atoms with van der Waals surface area (Å²) in [7, 11) is 1.83. The predicted molar refractivity (Wildman–Crippen MR) is 92.9 cm³/mol. The third kappa shape index (κ3) is 4.12. The number of rotatable bonds is 6. The molecular weight excluding hydrogens is 292 g/mol. The van der Waals surface area contributed by atoms with E-state index in [0.29, 0.717) is 13.1 Å². The van der Waals surface area contributed by atoms with E-state index in [1.54, 1.807) is 16.7 Å². The van der Waals surface area contributed by atoms with Gasteiger partial charge < -0.3 is 10.6 Å². The van der Waals surface area contributed by atoms with Crippen LogP contribution in [0.5, 0.6) is 0 Å². The van der Waals surface area contributed by atoms with E-state index in [1.807, 2.05) is 37.4 Å². The Kier molecular flexibility index (Phi) is 6.04. The van der Waals surface area contributed by atoms with Crippen LogP contribution >= 0.6 is 11.8 Å². The van der Waals surface area contributed by atoms with Crippen LogP contribution in [-0.2, 0) is 11.3 Å². The highest BCUT2D eigenvalue weighted by atomic mass is 32.2. The smallest absolute Gasteiger partial charge is 0.231 e. The van der Waals surface area contributed by atoms with Crippen molar-refractivity contribution in [3.8, 4) is 0 Å². The molecule has 0 heterocycles. The minimum Gasteiger partial charge on any atom is -0.341 e. The van der Waals surface area contributed by atoms with E-state index in [-0.39, 0.29) is 11.8 Å². The van der Waals surface area contributed by atoms with E-state index >= 15 is 0 Å². The van der Waals surface area contributed by atoms with Crippen LogP contribution in [0.2, 0.25) is 0 Å². The van der Waals surface area contributed by atoms with Gasteiger partial charge in [0.15, 0.2) is 0 Å². The predicted octanol–water partition coefficient (Wildman–Crippen LogP) is 3.11. The number of carbonyl (C=O) groups excluding carboxylic acids is 1. The highest BCUT2D eigenvalue weighted by Crippen LogP contribution is 2.19. The Hall–Kier alpha value is -1.78. The molecule has 0 fully saturated rings. The lowest BCUT2D eigenvalue weighted by molar-refractivity contribution is -0.131. The highest BCUT2D eigenvalue weighted by molar-refractivity contribution is 7.98. The fourth-order valence-corrected chi connectivity index (χ4v) is 2.82. The Morgan fingerprint density at radius 3 is 2.32 bits per heavy atom. The monoisotopic (exact) mass is 314 g/mol. The molecule has 2 rings (SSSR count). The van der Waals surface area contributed by atoms with Gasteiger partial charge in [0.2, 0.25) is 5.91 Å². The Morgan fingerprint density at radius 1 is 1.14 bits per heavy atom. The largest absolute Gasteiger partial charge is 0.341 e. The van der Waals surface area contributed by atoms with Gasteiger partial charge in [-0.1, -0.05) is 42.5 Å². The standard InChI is InChI=1S/C18H22N2OS/c1-20(13-14-8-10-16(22-2)11-9-14)18(21)17(12-19)15-6-4-3-5-7-15/h3-11,17H,12-13,19H2,1-2H3/t17-/m1/s1. The maximum atomic E-state index is 12.6. The molecular formula is C18H22N2OS. The zero-order valence-electron chi connectivity index (χ0n) is 13.0. The Bertz CT molecular complexity index is 598. The molecule has 0 bridgehead atoms. The van der Waals surface area contributed by atoms with Gasteiger partial charge in [-0.15, -0.1) is 11.8 Å². The van der Waals surface area contributed by atoms with Crippen molar-refractivity contribution in [2.45, 2.75) is 17.4 Å². The van der Waals surface area contributed by atoms with Gasteiger partial charge in [0, 0.05) is 25.0 Å². The molecule has 0 radical (unpaired) electrons. The van der Waals surface area contributed by atoms with Crippen molar-refractivity contribution in [1.29, 1.82) is 0 Å². The lowest BCUT2D eigenvalue weighted by Gasteiger charge is -2.23. The number of hydrogen-bond donors (Lipinski definition) is 1. The number of amides is 1. The van der Waals surface area contributed by atoms with Gasteiger partial charge in [0.1, 0.15) is 0 Å². The molecule has 0 aliphatic rings. The average molecular weight is 314 g/mol. The fraction of sp³-hybridized carbons (Fsp3) is 0.278. The molecule has 0 aromatic heterocycles. The van der Waals surface area contributed by atoms with Crippen molar-refractivity contribution in [1.82, 2.24) is 4.90 Å². The average Bonchev–Trinajstić information content (AvgIpc) is 2.57. The maximum Gasteiger partial charge on any atom is 0.231 e. The summed E-state index contributed by atoms with van der Waals surface area (Å²) in [5.41, 5.74) is 7.92. The van der Waals surface area contributed by atoms with E-state index < -0.39 is 0 Å². The summed E-state index contributed by atoms with van der Waals surface area (Å²) in [6.07, 6.45) is 2.05. The molecule has 3 nitrogen and oxygen atoms in total. The van der Waals surface area contributed by atoms with Gasteiger partial charge in [-0.25, -0.2) is 0 Å². The molecule has 0 aliphatic heterocycles. The zero-order valence-corrected chi connectivity index (χ0v) is 13.8. The molecule has 0 unspecified atom stereocenters. The van der Waals surface area contributed by atoms with Crippen molar-refractivity contribution in [3.05, 3.63) is 65.7 Å². The molecule has 4 heteroatoms. The van der Waals surface area contributed by atoms with E-state index in [4.69, 9.17) is 5.73 Å². The van der Waals surface area contributed by atoms with Crippen molar-refractivity contribution in [3.63, 3.8) is 0 Å². The van der Waals surface area contributed by atoms with Crippen LogP contribution in [0.3, 0.4) is 0 Å². The topological polar surface area (TPSA) is 46.3 Å². The van der Waals surface area contributed by atoms with Gasteiger partial charge in [0.05, 0.1) is 5.92 Å². The molecule has 2 aromatic rings. The number of likely N-dealkylation sites (N-methyl/N-ethyl adjacent to an activating group) is 1. The first-order valence-corrected chi connectivity index (χ1v) is 8.51. The minimum atomic E-state index is -0.281. The van der Waals surface area contributed by atoms with Crippen molar-refractivity contribution in [2.24, 2.45) is 5.73 Å². The summed E-state index contributed by atoms with van der Waals surface area (Å²) in [6, 6.07) is 18.0. The number of carbonyl (C=O) groups is 1. The van der Waals surface area contributed by atoms with Crippen LogP contribution in [-0.4, -0.2) is 30.7 Å². The van der Waals surface area contributed by atoms with Gasteiger partial charge in [0.25, 0.3) is 0 Å². The maximum absolute atomic E-state index is 12.6. The molecule has 2 N–H and O–H groups in total. The van der Waals surface area contributed by atoms with Crippen LogP contribution in [0.4, 0.5) is 0 Å². The van der Waals surface area contributed by atoms with Crippen LogP contribution in [0.25, 0.3) is 0 Å². The van der Waals surface area contributed by atoms with Crippen molar-refractivity contribution in [2.75, 3.05) is 19.8 Å². The molecule has 1 amide bonds. The molecule has 2 aromatic carbocycles. The summed E-state index contributed by atoms with van der Waals surface area (Å²) in [5, 5.41) is 0. The third-order valence-corrected chi connectivity index (χ3v) is 4.43. The SMILES string of the molecule is CSc1ccc(CN(C)C(=O)[C@H](CN)c2ccccc2)cc1. The Labute approximate surface area is 136 Å². The molecule has 0 saturated heterocycles. The van der Waals surface area contributed by atoms with E-state index in [9.17, 15) is 4.79 Å². The fourth-order valence-electron chi connectivity index (χ4n) is 2.41. The van der Waals surface area contributed by atoms with Crippen LogP contribution in [0, 0.1) is 0 Å². The summed E-state index contributed by atoms with van der Waals surface area (Å²) < 4.78 is 0. The molecule has 22 heavy (non-hydrogen) atoms. The molecule has 1 atom stereocenters. The molecule has 0 aliphatic carbocycles. The van der Waals surface area contributed by atoms with Crippen molar-refractivity contribution >= 4 is 17.7 Å². The second kappa shape index (κ2) is 8.01. The highest BCUT2D eigenvalue weighted by Gasteiger charge is 2.22. The molecule has 0 spiro atoms. The third-order valence-electron chi connectivity index (χ3n) is 3.69. The van der Waals surface area contributed by atoms with Gasteiger partial charge in [-0.2, -0.15) is 0 Å². The summed E-state index contributed by atoms with van der Waals surface area (Å²) in [5.74, 6) is -0.223. The minimum absolute atomic E-state index is 0.0580. The number of thioether (sulfide) groups is 1. The normalized spacial score (nSPS) is 12.0. The zero-order chi connectivity index (χ0) is 15.9. The second-order valence-electron chi connectivity index (χ2n) is 5.24. The number of hydrogen-bond acceptors (Lipinski definition) is 3.